The molecule has 2 unspecified atom stereocenters. The van der Waals surface area contributed by atoms with Crippen LogP contribution in [0.2, 0.25) is 5.28 Å². The monoisotopic (exact) mass is 523 g/mol. The van der Waals surface area contributed by atoms with Crippen LogP contribution in [0.5, 0.6) is 0 Å². The van der Waals surface area contributed by atoms with Gasteiger partial charge in [0.1, 0.15) is 5.82 Å². The SMILES string of the molecule is Cc1ccc(S(=O)(=O)n2ccc3c(N(C)C4CN(Cc5ccccc5)CCC4C)nc(Cl)nc32)cc1. The van der Waals surface area contributed by atoms with Crippen LogP contribution in [-0.2, 0) is 16.6 Å². The highest BCUT2D eigenvalue weighted by Crippen LogP contribution is 2.32. The number of hydrogen-bond acceptors (Lipinski definition) is 6. The molecule has 188 valence electrons. The zero-order chi connectivity index (χ0) is 25.4. The van der Waals surface area contributed by atoms with E-state index in [4.69, 9.17) is 11.6 Å². The first-order chi connectivity index (χ1) is 17.2. The van der Waals surface area contributed by atoms with E-state index in [2.05, 4.69) is 51.0 Å². The number of likely N-dealkylation sites (tertiary alicyclic amines) is 1. The molecule has 2 aromatic heterocycles. The zero-order valence-electron chi connectivity index (χ0n) is 20.7. The van der Waals surface area contributed by atoms with Gasteiger partial charge in [-0.3, -0.25) is 4.90 Å². The number of nitrogens with zero attached hydrogens (tertiary/aromatic N) is 5. The number of likely N-dealkylation sites (N-methyl/N-ethyl adjacent to an activating group) is 1. The minimum atomic E-state index is -3.84. The molecule has 0 radical (unpaired) electrons. The van der Waals surface area contributed by atoms with Gasteiger partial charge in [-0.1, -0.05) is 55.0 Å². The van der Waals surface area contributed by atoms with Crippen molar-refractivity contribution >= 4 is 38.5 Å². The van der Waals surface area contributed by atoms with Gasteiger partial charge in [-0.15, -0.1) is 0 Å². The normalized spacial score (nSPS) is 19.0. The summed E-state index contributed by atoms with van der Waals surface area (Å²) >= 11 is 6.36. The fraction of sp³-hybridized carbons (Fsp3) is 0.333. The highest BCUT2D eigenvalue weighted by molar-refractivity contribution is 7.90. The standard InChI is InChI=1S/C27H30ClN5O2S/c1-19-9-11-22(12-10-19)36(34,35)33-16-14-23-25(29-27(28)30-26(23)33)31(3)24-18-32(15-13-20(24)2)17-21-7-5-4-6-8-21/h4-12,14,16,20,24H,13,15,17-18H2,1-3H3. The molecule has 36 heavy (non-hydrogen) atoms. The highest BCUT2D eigenvalue weighted by atomic mass is 35.5. The van der Waals surface area contributed by atoms with Crippen molar-refractivity contribution in [2.24, 2.45) is 5.92 Å². The minimum absolute atomic E-state index is 0.0213. The van der Waals surface area contributed by atoms with Crippen molar-refractivity contribution in [1.29, 1.82) is 0 Å². The average molecular weight is 524 g/mol. The van der Waals surface area contributed by atoms with Crippen LogP contribution in [0.15, 0.2) is 71.8 Å². The van der Waals surface area contributed by atoms with Gasteiger partial charge in [-0.2, -0.15) is 9.97 Å². The van der Waals surface area contributed by atoms with Gasteiger partial charge in [0.25, 0.3) is 10.0 Å². The molecule has 9 heteroatoms. The smallest absolute Gasteiger partial charge is 0.269 e. The van der Waals surface area contributed by atoms with E-state index in [1.54, 1.807) is 30.3 Å². The Bertz CT molecular complexity index is 1470. The molecule has 7 nitrogen and oxygen atoms in total. The molecule has 2 aromatic carbocycles. The number of rotatable bonds is 6. The second-order valence-corrected chi connectivity index (χ2v) is 11.8. The van der Waals surface area contributed by atoms with Crippen LogP contribution in [0.4, 0.5) is 5.82 Å². The molecule has 0 aliphatic carbocycles. The average Bonchev–Trinajstić information content (AvgIpc) is 3.30. The van der Waals surface area contributed by atoms with Crippen molar-refractivity contribution in [3.8, 4) is 0 Å². The largest absolute Gasteiger partial charge is 0.354 e. The van der Waals surface area contributed by atoms with Crippen LogP contribution < -0.4 is 4.90 Å². The summed E-state index contributed by atoms with van der Waals surface area (Å²) in [6.07, 6.45) is 2.60. The quantitative estimate of drug-likeness (QED) is 0.332. The number of fused-ring (bicyclic) bond motifs is 1. The van der Waals surface area contributed by atoms with Crippen LogP contribution in [0.25, 0.3) is 11.0 Å². The Hall–Kier alpha value is -2.94. The first-order valence-corrected chi connectivity index (χ1v) is 13.9. The zero-order valence-corrected chi connectivity index (χ0v) is 22.2. The molecule has 5 rings (SSSR count). The summed E-state index contributed by atoms with van der Waals surface area (Å²) in [7, 11) is -1.83. The lowest BCUT2D eigenvalue weighted by Gasteiger charge is -2.42. The summed E-state index contributed by atoms with van der Waals surface area (Å²) in [4.78, 5) is 13.7. The summed E-state index contributed by atoms with van der Waals surface area (Å²) in [5.41, 5.74) is 2.56. The third-order valence-corrected chi connectivity index (χ3v) is 8.97. The van der Waals surface area contributed by atoms with E-state index >= 15 is 0 Å². The van der Waals surface area contributed by atoms with Crippen molar-refractivity contribution in [2.75, 3.05) is 25.0 Å². The Labute approximate surface area is 217 Å². The topological polar surface area (TPSA) is 71.3 Å². The van der Waals surface area contributed by atoms with Gasteiger partial charge in [0.05, 0.1) is 10.3 Å². The number of anilines is 1. The fourth-order valence-corrected chi connectivity index (χ4v) is 6.45. The van der Waals surface area contributed by atoms with Crippen molar-refractivity contribution in [3.05, 3.63) is 83.3 Å². The number of aromatic nitrogens is 3. The van der Waals surface area contributed by atoms with Gasteiger partial charge >= 0.3 is 0 Å². The molecule has 3 heterocycles. The molecule has 1 aliphatic heterocycles. The first-order valence-electron chi connectivity index (χ1n) is 12.1. The van der Waals surface area contributed by atoms with E-state index in [-0.39, 0.29) is 21.9 Å². The molecule has 1 aliphatic rings. The lowest BCUT2D eigenvalue weighted by Crippen LogP contribution is -2.51. The molecule has 0 amide bonds. The van der Waals surface area contributed by atoms with Crippen LogP contribution >= 0.6 is 11.6 Å². The number of hydrogen-bond donors (Lipinski definition) is 0. The maximum absolute atomic E-state index is 13.4. The van der Waals surface area contributed by atoms with Gasteiger partial charge in [0.15, 0.2) is 5.65 Å². The molecule has 2 atom stereocenters. The Morgan fingerprint density at radius 3 is 2.50 bits per heavy atom. The Balaban J connectivity index is 1.48. The maximum Gasteiger partial charge on any atom is 0.269 e. The Morgan fingerprint density at radius 1 is 1.06 bits per heavy atom. The second kappa shape index (κ2) is 9.84. The fourth-order valence-electron chi connectivity index (χ4n) is 5.00. The van der Waals surface area contributed by atoms with E-state index in [0.717, 1.165) is 31.6 Å². The number of benzene rings is 2. The van der Waals surface area contributed by atoms with Crippen LogP contribution in [0.1, 0.15) is 24.5 Å². The van der Waals surface area contributed by atoms with Gasteiger partial charge in [-0.05, 0) is 61.2 Å². The van der Waals surface area contributed by atoms with Crippen LogP contribution in [-0.4, -0.2) is 53.4 Å². The number of piperidine rings is 1. The molecular formula is C27H30ClN5O2S. The summed E-state index contributed by atoms with van der Waals surface area (Å²) < 4.78 is 28.0. The Kier molecular flexibility index (Phi) is 6.76. The van der Waals surface area contributed by atoms with Crippen molar-refractivity contribution < 1.29 is 8.42 Å². The van der Waals surface area contributed by atoms with Crippen LogP contribution in [0, 0.1) is 12.8 Å². The van der Waals surface area contributed by atoms with E-state index in [9.17, 15) is 8.42 Å². The Morgan fingerprint density at radius 2 is 1.78 bits per heavy atom. The summed E-state index contributed by atoms with van der Waals surface area (Å²) in [6, 6.07) is 19.2. The summed E-state index contributed by atoms with van der Waals surface area (Å²) in [5, 5.41) is 0.679. The molecule has 0 bridgehead atoms. The number of halogens is 1. The lowest BCUT2D eigenvalue weighted by atomic mass is 9.92. The minimum Gasteiger partial charge on any atom is -0.354 e. The molecular weight excluding hydrogens is 494 g/mol. The van der Waals surface area contributed by atoms with Crippen molar-refractivity contribution in [2.45, 2.75) is 37.8 Å². The molecule has 1 saturated heterocycles. The van der Waals surface area contributed by atoms with E-state index in [1.165, 1.54) is 15.7 Å². The summed E-state index contributed by atoms with van der Waals surface area (Å²) in [6.45, 7) is 6.98. The van der Waals surface area contributed by atoms with E-state index in [0.29, 0.717) is 17.1 Å². The van der Waals surface area contributed by atoms with Gasteiger partial charge in [0.2, 0.25) is 5.28 Å². The highest BCUT2D eigenvalue weighted by Gasteiger charge is 2.32. The van der Waals surface area contributed by atoms with E-state index < -0.39 is 10.0 Å². The molecule has 1 fully saturated rings. The maximum atomic E-state index is 13.4. The van der Waals surface area contributed by atoms with Gasteiger partial charge < -0.3 is 4.90 Å². The molecule has 0 saturated carbocycles. The van der Waals surface area contributed by atoms with Crippen LogP contribution in [0.3, 0.4) is 0 Å². The van der Waals surface area contributed by atoms with Gasteiger partial charge in [-0.25, -0.2) is 12.4 Å². The lowest BCUT2D eigenvalue weighted by molar-refractivity contribution is 0.159. The molecule has 4 aromatic rings. The van der Waals surface area contributed by atoms with Crippen molar-refractivity contribution in [3.63, 3.8) is 0 Å². The third kappa shape index (κ3) is 4.73. The van der Waals surface area contributed by atoms with E-state index in [1.807, 2.05) is 20.0 Å². The number of aryl methyl sites for hydroxylation is 1. The first kappa shape index (κ1) is 24.7. The van der Waals surface area contributed by atoms with Crippen molar-refractivity contribution in [1.82, 2.24) is 18.8 Å². The predicted molar refractivity (Wildman–Crippen MR) is 144 cm³/mol. The predicted octanol–water partition coefficient (Wildman–Crippen LogP) is 4.98. The molecule has 0 N–H and O–H groups in total. The summed E-state index contributed by atoms with van der Waals surface area (Å²) in [5.74, 6) is 1.07. The third-order valence-electron chi connectivity index (χ3n) is 7.12. The molecule has 0 spiro atoms. The van der Waals surface area contributed by atoms with Gasteiger partial charge in [0, 0.05) is 32.4 Å². The second-order valence-electron chi connectivity index (χ2n) is 9.65.